The van der Waals surface area contributed by atoms with Gasteiger partial charge in [0.2, 0.25) is 0 Å². The summed E-state index contributed by atoms with van der Waals surface area (Å²) < 4.78 is 23.4. The predicted octanol–water partition coefficient (Wildman–Crippen LogP) is 5.22. The molecule has 6 nitrogen and oxygen atoms in total. The summed E-state index contributed by atoms with van der Waals surface area (Å²) in [5.41, 5.74) is 1.84. The summed E-state index contributed by atoms with van der Waals surface area (Å²) in [6.45, 7) is 13.7. The monoisotopic (exact) mass is 440 g/mol. The van der Waals surface area contributed by atoms with E-state index in [-0.39, 0.29) is 11.1 Å². The summed E-state index contributed by atoms with van der Waals surface area (Å²) in [5.74, 6) is -1.55. The van der Waals surface area contributed by atoms with E-state index in [2.05, 4.69) is 13.2 Å². The van der Waals surface area contributed by atoms with Crippen LogP contribution in [-0.4, -0.2) is 21.0 Å². The average Bonchev–Trinajstić information content (AvgIpc) is 2.74. The van der Waals surface area contributed by atoms with Crippen molar-refractivity contribution < 1.29 is 27.3 Å². The molecule has 0 bridgehead atoms. The van der Waals surface area contributed by atoms with Gasteiger partial charge in [-0.25, -0.2) is 9.59 Å². The fourth-order valence-corrected chi connectivity index (χ4v) is 4.79. The van der Waals surface area contributed by atoms with Gasteiger partial charge in [-0.3, -0.25) is 0 Å². The Morgan fingerprint density at radius 2 is 1.03 bits per heavy atom. The van der Waals surface area contributed by atoms with Crippen molar-refractivity contribution in [3.8, 4) is 0 Å². The third-order valence-electron chi connectivity index (χ3n) is 4.31. The van der Waals surface area contributed by atoms with E-state index in [9.17, 15) is 9.59 Å². The van der Waals surface area contributed by atoms with Gasteiger partial charge in [0.1, 0.15) is 0 Å². The molecule has 0 spiro atoms. The highest BCUT2D eigenvalue weighted by Crippen LogP contribution is 2.30. The standard InChI is InChI=1S/C24H28O6Si/c1-17(2)23(25)29-31(30-24(26)18(3)4,27-19(5)21-13-9-7-10-14-21)28-20(6)22-15-11-8-12-16-22/h7-16,19-20H,1,3H2,2,4-6H3. The van der Waals surface area contributed by atoms with Gasteiger partial charge in [-0.15, -0.1) is 0 Å². The zero-order chi connectivity index (χ0) is 23.0. The zero-order valence-electron chi connectivity index (χ0n) is 18.3. The van der Waals surface area contributed by atoms with E-state index >= 15 is 0 Å². The number of hydrogen-bond acceptors (Lipinski definition) is 6. The van der Waals surface area contributed by atoms with Gasteiger partial charge < -0.3 is 17.7 Å². The Labute approximate surface area is 184 Å². The molecule has 0 saturated heterocycles. The van der Waals surface area contributed by atoms with Crippen LogP contribution in [0.25, 0.3) is 0 Å². The molecule has 0 heterocycles. The fourth-order valence-electron chi connectivity index (χ4n) is 2.56. The zero-order valence-corrected chi connectivity index (χ0v) is 19.3. The Bertz CT molecular complexity index is 848. The molecule has 2 rings (SSSR count). The highest BCUT2D eigenvalue weighted by molar-refractivity contribution is 6.58. The third-order valence-corrected chi connectivity index (χ3v) is 6.47. The van der Waals surface area contributed by atoms with Crippen molar-refractivity contribution in [2.45, 2.75) is 39.9 Å². The largest absolute Gasteiger partial charge is 0.826 e. The van der Waals surface area contributed by atoms with E-state index in [4.69, 9.17) is 17.7 Å². The lowest BCUT2D eigenvalue weighted by Crippen LogP contribution is -2.53. The number of carbonyl (C=O) groups excluding carboxylic acids is 2. The minimum atomic E-state index is -4.36. The van der Waals surface area contributed by atoms with Crippen LogP contribution in [0.2, 0.25) is 0 Å². The Kier molecular flexibility index (Phi) is 8.50. The molecule has 2 aromatic rings. The minimum Gasteiger partial charge on any atom is -0.439 e. The van der Waals surface area contributed by atoms with Crippen molar-refractivity contribution in [3.05, 3.63) is 96.1 Å². The van der Waals surface area contributed by atoms with Crippen molar-refractivity contribution in [2.24, 2.45) is 0 Å². The first-order valence-electron chi connectivity index (χ1n) is 9.86. The maximum Gasteiger partial charge on any atom is 0.826 e. The van der Waals surface area contributed by atoms with Crippen molar-refractivity contribution in [3.63, 3.8) is 0 Å². The average molecular weight is 441 g/mol. The van der Waals surface area contributed by atoms with E-state index in [1.165, 1.54) is 13.8 Å². The van der Waals surface area contributed by atoms with E-state index in [0.717, 1.165) is 11.1 Å². The van der Waals surface area contributed by atoms with Gasteiger partial charge in [0.05, 0.1) is 12.2 Å². The van der Waals surface area contributed by atoms with E-state index in [1.807, 2.05) is 60.7 Å². The van der Waals surface area contributed by atoms with Crippen LogP contribution in [0.5, 0.6) is 0 Å². The lowest BCUT2D eigenvalue weighted by atomic mass is 10.1. The molecule has 2 unspecified atom stereocenters. The maximum atomic E-state index is 12.5. The highest BCUT2D eigenvalue weighted by Gasteiger charge is 2.57. The third kappa shape index (κ3) is 7.03. The van der Waals surface area contributed by atoms with Crippen LogP contribution in [0.4, 0.5) is 0 Å². The van der Waals surface area contributed by atoms with Crippen molar-refractivity contribution in [1.29, 1.82) is 0 Å². The van der Waals surface area contributed by atoms with Crippen LogP contribution in [0, 0.1) is 0 Å². The fraction of sp³-hybridized carbons (Fsp3) is 0.250. The summed E-state index contributed by atoms with van der Waals surface area (Å²) >= 11 is 0. The molecule has 0 saturated carbocycles. The highest BCUT2D eigenvalue weighted by atomic mass is 28.4. The summed E-state index contributed by atoms with van der Waals surface area (Å²) in [5, 5.41) is 0. The van der Waals surface area contributed by atoms with Gasteiger partial charge >= 0.3 is 21.0 Å². The van der Waals surface area contributed by atoms with Crippen molar-refractivity contribution in [2.75, 3.05) is 0 Å². The minimum absolute atomic E-state index is 0.121. The van der Waals surface area contributed by atoms with Crippen molar-refractivity contribution >= 4 is 21.0 Å². The first kappa shape index (κ1) is 24.3. The molecule has 0 aromatic heterocycles. The van der Waals surface area contributed by atoms with E-state index in [1.54, 1.807) is 13.8 Å². The lowest BCUT2D eigenvalue weighted by Gasteiger charge is -2.31. The number of hydrogen-bond donors (Lipinski definition) is 0. The second kappa shape index (κ2) is 10.9. The molecule has 2 atom stereocenters. The van der Waals surface area contributed by atoms with Crippen LogP contribution < -0.4 is 0 Å². The van der Waals surface area contributed by atoms with Gasteiger partial charge in [0.15, 0.2) is 0 Å². The smallest absolute Gasteiger partial charge is 0.439 e. The van der Waals surface area contributed by atoms with Crippen LogP contribution in [0.3, 0.4) is 0 Å². The van der Waals surface area contributed by atoms with Gasteiger partial charge in [-0.05, 0) is 38.8 Å². The SMILES string of the molecule is C=C(C)C(=O)O[Si](OC(=O)C(=C)C)(OC(C)c1ccccc1)OC(C)c1ccccc1. The van der Waals surface area contributed by atoms with E-state index in [0.29, 0.717) is 0 Å². The Morgan fingerprint density at radius 3 is 1.32 bits per heavy atom. The molecule has 0 fully saturated rings. The predicted molar refractivity (Wildman–Crippen MR) is 119 cm³/mol. The molecule has 7 heteroatoms. The molecule has 0 aliphatic heterocycles. The Morgan fingerprint density at radius 1 is 0.710 bits per heavy atom. The molecule has 31 heavy (non-hydrogen) atoms. The van der Waals surface area contributed by atoms with Gasteiger partial charge in [-0.2, -0.15) is 0 Å². The van der Waals surface area contributed by atoms with E-state index < -0.39 is 33.2 Å². The summed E-state index contributed by atoms with van der Waals surface area (Å²) in [6, 6.07) is 18.6. The number of carbonyl (C=O) groups is 2. The molecular formula is C24H28O6Si. The first-order chi connectivity index (χ1) is 14.6. The van der Waals surface area contributed by atoms with Gasteiger partial charge in [0, 0.05) is 11.1 Å². The molecule has 0 aliphatic rings. The van der Waals surface area contributed by atoms with Gasteiger partial charge in [0.25, 0.3) is 0 Å². The number of rotatable bonds is 10. The van der Waals surface area contributed by atoms with Crippen LogP contribution >= 0.6 is 0 Å². The van der Waals surface area contributed by atoms with Crippen LogP contribution in [0.15, 0.2) is 85.0 Å². The maximum absolute atomic E-state index is 12.5. The summed E-state index contributed by atoms with van der Waals surface area (Å²) in [7, 11) is -4.36. The van der Waals surface area contributed by atoms with Gasteiger partial charge in [-0.1, -0.05) is 73.8 Å². The van der Waals surface area contributed by atoms with Crippen LogP contribution in [0.1, 0.15) is 51.0 Å². The Hall–Kier alpha value is -3.00. The molecule has 0 amide bonds. The van der Waals surface area contributed by atoms with Crippen LogP contribution in [-0.2, 0) is 27.3 Å². The molecule has 0 N–H and O–H groups in total. The summed E-state index contributed by atoms with van der Waals surface area (Å²) in [6.07, 6.45) is -1.18. The molecular weight excluding hydrogens is 412 g/mol. The summed E-state index contributed by atoms with van der Waals surface area (Å²) in [4.78, 5) is 25.0. The normalized spacial score (nSPS) is 13.0. The second-order valence-electron chi connectivity index (χ2n) is 7.18. The number of benzene rings is 2. The topological polar surface area (TPSA) is 71.1 Å². The molecule has 164 valence electrons. The molecule has 0 aliphatic carbocycles. The second-order valence-corrected chi connectivity index (χ2v) is 9.06. The quantitative estimate of drug-likeness (QED) is 0.373. The molecule has 0 radical (unpaired) electrons. The first-order valence-corrected chi connectivity index (χ1v) is 11.5. The Balaban J connectivity index is 2.46. The van der Waals surface area contributed by atoms with Crippen molar-refractivity contribution in [1.82, 2.24) is 0 Å². The molecule has 2 aromatic carbocycles. The lowest BCUT2D eigenvalue weighted by molar-refractivity contribution is -0.152.